The van der Waals surface area contributed by atoms with E-state index >= 15 is 0 Å². The van der Waals surface area contributed by atoms with Gasteiger partial charge in [0, 0.05) is 18.2 Å². The molecular weight excluding hydrogens is 258 g/mol. The topological polar surface area (TPSA) is 68.0 Å². The molecule has 1 aromatic heterocycles. The summed E-state index contributed by atoms with van der Waals surface area (Å²) in [6.07, 6.45) is 1.88. The second-order valence-electron chi connectivity index (χ2n) is 4.05. The SMILES string of the molecule is CC(C)(N)CC(=O)Nc1ncccc1Br. The largest absolute Gasteiger partial charge is 0.325 e. The van der Waals surface area contributed by atoms with Crippen molar-refractivity contribution in [3.05, 3.63) is 22.8 Å². The Hall–Kier alpha value is -0.940. The Kier molecular flexibility index (Phi) is 3.82. The van der Waals surface area contributed by atoms with Crippen LogP contribution >= 0.6 is 15.9 Å². The molecule has 1 amide bonds. The third-order valence-corrected chi connectivity index (χ3v) is 2.27. The van der Waals surface area contributed by atoms with Crippen LogP contribution in [0.3, 0.4) is 0 Å². The number of carbonyl (C=O) groups excluding carboxylic acids is 1. The number of hydrogen-bond donors (Lipinski definition) is 2. The molecule has 82 valence electrons. The Labute approximate surface area is 97.4 Å². The maximum Gasteiger partial charge on any atom is 0.227 e. The van der Waals surface area contributed by atoms with Crippen LogP contribution in [0.2, 0.25) is 0 Å². The quantitative estimate of drug-likeness (QED) is 0.883. The summed E-state index contributed by atoms with van der Waals surface area (Å²) in [6.45, 7) is 3.61. The van der Waals surface area contributed by atoms with Crippen molar-refractivity contribution >= 4 is 27.7 Å². The predicted molar refractivity (Wildman–Crippen MR) is 63.5 cm³/mol. The summed E-state index contributed by atoms with van der Waals surface area (Å²) in [5, 5.41) is 2.69. The second kappa shape index (κ2) is 4.72. The zero-order chi connectivity index (χ0) is 11.5. The first kappa shape index (κ1) is 12.1. The second-order valence-corrected chi connectivity index (χ2v) is 4.90. The van der Waals surface area contributed by atoms with E-state index in [1.807, 2.05) is 6.07 Å². The van der Waals surface area contributed by atoms with Crippen LogP contribution in [0, 0.1) is 0 Å². The van der Waals surface area contributed by atoms with E-state index in [0.29, 0.717) is 5.82 Å². The highest BCUT2D eigenvalue weighted by Crippen LogP contribution is 2.18. The fourth-order valence-corrected chi connectivity index (χ4v) is 1.42. The minimum atomic E-state index is -0.509. The molecule has 4 nitrogen and oxygen atoms in total. The van der Waals surface area contributed by atoms with Crippen molar-refractivity contribution in [1.82, 2.24) is 4.98 Å². The number of carbonyl (C=O) groups is 1. The van der Waals surface area contributed by atoms with Gasteiger partial charge >= 0.3 is 0 Å². The van der Waals surface area contributed by atoms with Crippen LogP contribution in [0.15, 0.2) is 22.8 Å². The van der Waals surface area contributed by atoms with Gasteiger partial charge in [-0.05, 0) is 41.9 Å². The Balaban J connectivity index is 2.64. The molecule has 5 heteroatoms. The zero-order valence-electron chi connectivity index (χ0n) is 8.75. The Morgan fingerprint density at radius 2 is 2.33 bits per heavy atom. The standard InChI is InChI=1S/C10H14BrN3O/c1-10(2,12)6-8(15)14-9-7(11)4-3-5-13-9/h3-5H,6,12H2,1-2H3,(H,13,14,15). The highest BCUT2D eigenvalue weighted by molar-refractivity contribution is 9.10. The molecule has 0 aromatic carbocycles. The summed E-state index contributed by atoms with van der Waals surface area (Å²) >= 11 is 3.30. The van der Waals surface area contributed by atoms with Crippen molar-refractivity contribution < 1.29 is 4.79 Å². The number of pyridine rings is 1. The number of nitrogens with zero attached hydrogens (tertiary/aromatic N) is 1. The number of nitrogens with one attached hydrogen (secondary N) is 1. The average molecular weight is 272 g/mol. The van der Waals surface area contributed by atoms with E-state index in [2.05, 4.69) is 26.2 Å². The molecule has 0 saturated carbocycles. The van der Waals surface area contributed by atoms with E-state index in [0.717, 1.165) is 4.47 Å². The molecule has 0 aliphatic rings. The number of anilines is 1. The van der Waals surface area contributed by atoms with Gasteiger partial charge in [0.25, 0.3) is 0 Å². The van der Waals surface area contributed by atoms with Crippen LogP contribution in [0.1, 0.15) is 20.3 Å². The van der Waals surface area contributed by atoms with Crippen molar-refractivity contribution in [1.29, 1.82) is 0 Å². The molecule has 0 spiro atoms. The lowest BCUT2D eigenvalue weighted by Crippen LogP contribution is -2.36. The van der Waals surface area contributed by atoms with Gasteiger partial charge in [-0.2, -0.15) is 0 Å². The maximum atomic E-state index is 11.5. The van der Waals surface area contributed by atoms with Gasteiger partial charge in [0.1, 0.15) is 5.82 Å². The minimum Gasteiger partial charge on any atom is -0.325 e. The smallest absolute Gasteiger partial charge is 0.227 e. The molecule has 1 rings (SSSR count). The van der Waals surface area contributed by atoms with Gasteiger partial charge < -0.3 is 11.1 Å². The highest BCUT2D eigenvalue weighted by Gasteiger charge is 2.17. The fourth-order valence-electron chi connectivity index (χ4n) is 1.07. The molecule has 0 unspecified atom stereocenters. The number of rotatable bonds is 3. The lowest BCUT2D eigenvalue weighted by atomic mass is 10.0. The van der Waals surface area contributed by atoms with Crippen molar-refractivity contribution in [2.75, 3.05) is 5.32 Å². The zero-order valence-corrected chi connectivity index (χ0v) is 10.3. The summed E-state index contributed by atoms with van der Waals surface area (Å²) in [4.78, 5) is 15.6. The Morgan fingerprint density at radius 1 is 1.67 bits per heavy atom. The number of hydrogen-bond acceptors (Lipinski definition) is 3. The predicted octanol–water partition coefficient (Wildman–Crippen LogP) is 1.91. The van der Waals surface area contributed by atoms with Crippen molar-refractivity contribution in [2.24, 2.45) is 5.73 Å². The molecule has 0 saturated heterocycles. The third kappa shape index (κ3) is 4.40. The lowest BCUT2D eigenvalue weighted by molar-refractivity contribution is -0.117. The molecule has 0 radical (unpaired) electrons. The van der Waals surface area contributed by atoms with E-state index in [9.17, 15) is 4.79 Å². The summed E-state index contributed by atoms with van der Waals surface area (Å²) in [5.41, 5.74) is 5.23. The molecular formula is C10H14BrN3O. The molecule has 0 bridgehead atoms. The normalized spacial score (nSPS) is 11.2. The number of nitrogens with two attached hydrogens (primary N) is 1. The van der Waals surface area contributed by atoms with Crippen LogP contribution in [-0.2, 0) is 4.79 Å². The van der Waals surface area contributed by atoms with Crippen LogP contribution in [0.5, 0.6) is 0 Å². The van der Waals surface area contributed by atoms with E-state index in [-0.39, 0.29) is 12.3 Å². The Morgan fingerprint density at radius 3 is 2.87 bits per heavy atom. The lowest BCUT2D eigenvalue weighted by Gasteiger charge is -2.17. The monoisotopic (exact) mass is 271 g/mol. The molecule has 15 heavy (non-hydrogen) atoms. The molecule has 0 aliphatic carbocycles. The van der Waals surface area contributed by atoms with Crippen LogP contribution in [0.25, 0.3) is 0 Å². The highest BCUT2D eigenvalue weighted by atomic mass is 79.9. The van der Waals surface area contributed by atoms with E-state index < -0.39 is 5.54 Å². The van der Waals surface area contributed by atoms with Crippen molar-refractivity contribution in [3.63, 3.8) is 0 Å². The maximum absolute atomic E-state index is 11.5. The van der Waals surface area contributed by atoms with Crippen LogP contribution in [0.4, 0.5) is 5.82 Å². The van der Waals surface area contributed by atoms with Gasteiger partial charge in [0.05, 0.1) is 4.47 Å². The van der Waals surface area contributed by atoms with Gasteiger partial charge in [-0.3, -0.25) is 4.79 Å². The summed E-state index contributed by atoms with van der Waals surface area (Å²) in [7, 11) is 0. The van der Waals surface area contributed by atoms with Gasteiger partial charge in [-0.25, -0.2) is 4.98 Å². The molecule has 3 N–H and O–H groups in total. The fraction of sp³-hybridized carbons (Fsp3) is 0.400. The van der Waals surface area contributed by atoms with Gasteiger partial charge in [-0.15, -0.1) is 0 Å². The summed E-state index contributed by atoms with van der Waals surface area (Å²) < 4.78 is 0.758. The van der Waals surface area contributed by atoms with E-state index in [1.165, 1.54) is 0 Å². The van der Waals surface area contributed by atoms with Gasteiger partial charge in [0.2, 0.25) is 5.91 Å². The molecule has 0 aliphatic heterocycles. The summed E-state index contributed by atoms with van der Waals surface area (Å²) in [6, 6.07) is 3.60. The molecule has 1 heterocycles. The number of halogens is 1. The summed E-state index contributed by atoms with van der Waals surface area (Å²) in [5.74, 6) is 0.383. The van der Waals surface area contributed by atoms with Crippen LogP contribution < -0.4 is 11.1 Å². The number of amides is 1. The first-order chi connectivity index (χ1) is 6.88. The van der Waals surface area contributed by atoms with Gasteiger partial charge in [-0.1, -0.05) is 0 Å². The average Bonchev–Trinajstić information content (AvgIpc) is 2.05. The van der Waals surface area contributed by atoms with E-state index in [4.69, 9.17) is 5.73 Å². The third-order valence-electron chi connectivity index (χ3n) is 1.63. The first-order valence-electron chi connectivity index (χ1n) is 4.58. The van der Waals surface area contributed by atoms with E-state index in [1.54, 1.807) is 26.1 Å². The van der Waals surface area contributed by atoms with Crippen molar-refractivity contribution in [3.8, 4) is 0 Å². The minimum absolute atomic E-state index is 0.137. The molecule has 0 atom stereocenters. The Bertz CT molecular complexity index is 360. The molecule has 1 aromatic rings. The van der Waals surface area contributed by atoms with Crippen LogP contribution in [-0.4, -0.2) is 16.4 Å². The molecule has 0 fully saturated rings. The van der Waals surface area contributed by atoms with Crippen molar-refractivity contribution in [2.45, 2.75) is 25.8 Å². The number of aromatic nitrogens is 1. The first-order valence-corrected chi connectivity index (χ1v) is 5.37. The van der Waals surface area contributed by atoms with Gasteiger partial charge in [0.15, 0.2) is 0 Å².